The summed E-state index contributed by atoms with van der Waals surface area (Å²) in [5.74, 6) is -0.267. The summed E-state index contributed by atoms with van der Waals surface area (Å²) in [5.41, 5.74) is 0. The summed E-state index contributed by atoms with van der Waals surface area (Å²) in [4.78, 5) is 13.4. The van der Waals surface area contributed by atoms with Crippen molar-refractivity contribution in [3.05, 3.63) is 109 Å². The molecule has 3 saturated heterocycles. The Morgan fingerprint density at radius 1 is 0.402 bits per heavy atom. The number of aliphatic hydroxyl groups is 11. The third-order valence-corrected chi connectivity index (χ3v) is 16.9. The van der Waals surface area contributed by atoms with Crippen molar-refractivity contribution in [1.29, 1.82) is 0 Å². The van der Waals surface area contributed by atoms with Crippen molar-refractivity contribution in [2.75, 3.05) is 26.4 Å². The molecule has 0 aromatic heterocycles. The Morgan fingerprint density at radius 2 is 0.750 bits per heavy atom. The van der Waals surface area contributed by atoms with Gasteiger partial charge < -0.3 is 89.9 Å². The molecule has 3 fully saturated rings. The molecule has 92 heavy (non-hydrogen) atoms. The highest BCUT2D eigenvalue weighted by Gasteiger charge is 2.53. The zero-order valence-electron chi connectivity index (χ0n) is 55.7. The smallest absolute Gasteiger partial charge is 0.220 e. The second-order valence-electron chi connectivity index (χ2n) is 24.6. The molecule has 19 nitrogen and oxygen atoms in total. The van der Waals surface area contributed by atoms with Crippen LogP contribution in [-0.2, 0) is 33.2 Å². The maximum Gasteiger partial charge on any atom is 0.220 e. The molecule has 528 valence electrons. The van der Waals surface area contributed by atoms with E-state index in [1.165, 1.54) is 64.2 Å². The second-order valence-corrected chi connectivity index (χ2v) is 24.6. The number of carbonyl (C=O) groups excluding carboxylic acids is 1. The Hall–Kier alpha value is -3.55. The van der Waals surface area contributed by atoms with Gasteiger partial charge in [-0.2, -0.15) is 0 Å². The summed E-state index contributed by atoms with van der Waals surface area (Å²) in [6, 6.07) is -0.906. The number of ether oxygens (including phenoxy) is 6. The number of rotatable bonds is 52. The van der Waals surface area contributed by atoms with Crippen LogP contribution >= 0.6 is 0 Å². The highest BCUT2D eigenvalue weighted by atomic mass is 16.8. The van der Waals surface area contributed by atoms with Gasteiger partial charge in [-0.1, -0.05) is 232 Å². The fourth-order valence-electron chi connectivity index (χ4n) is 11.2. The summed E-state index contributed by atoms with van der Waals surface area (Å²) >= 11 is 0. The molecule has 3 aliphatic rings. The van der Waals surface area contributed by atoms with E-state index < -0.39 is 124 Å². The van der Waals surface area contributed by atoms with Gasteiger partial charge in [0.2, 0.25) is 5.91 Å². The molecule has 19 heteroatoms. The number of aliphatic hydroxyl groups excluding tert-OH is 11. The minimum Gasteiger partial charge on any atom is -0.394 e. The summed E-state index contributed by atoms with van der Waals surface area (Å²) in [6.45, 7) is 1.65. The van der Waals surface area contributed by atoms with Crippen LogP contribution in [0.4, 0.5) is 0 Å². The first-order valence-electron chi connectivity index (χ1n) is 35.1. The zero-order chi connectivity index (χ0) is 66.8. The Balaban J connectivity index is 1.40. The number of allylic oxidation sites excluding steroid dienone is 18. The second kappa shape index (κ2) is 53.6. The molecule has 3 rings (SSSR count). The maximum atomic E-state index is 13.4. The number of unbranched alkanes of at least 4 members (excludes halogenated alkanes) is 18. The lowest BCUT2D eigenvalue weighted by atomic mass is 9.96. The molecule has 0 radical (unpaired) electrons. The minimum absolute atomic E-state index is 0.237. The third kappa shape index (κ3) is 34.9. The first-order chi connectivity index (χ1) is 44.8. The van der Waals surface area contributed by atoms with E-state index in [1.54, 1.807) is 0 Å². The van der Waals surface area contributed by atoms with Gasteiger partial charge in [-0.15, -0.1) is 0 Å². The highest BCUT2D eigenvalue weighted by molar-refractivity contribution is 5.76. The Bertz CT molecular complexity index is 2090. The first kappa shape index (κ1) is 82.7. The van der Waals surface area contributed by atoms with Gasteiger partial charge in [0.05, 0.1) is 38.6 Å². The van der Waals surface area contributed by atoms with Gasteiger partial charge >= 0.3 is 0 Å². The van der Waals surface area contributed by atoms with Crippen molar-refractivity contribution in [2.24, 2.45) is 0 Å². The van der Waals surface area contributed by atoms with Crippen LogP contribution in [0.3, 0.4) is 0 Å². The van der Waals surface area contributed by atoms with Crippen LogP contribution < -0.4 is 5.32 Å². The van der Waals surface area contributed by atoms with Crippen LogP contribution in [0.15, 0.2) is 109 Å². The van der Waals surface area contributed by atoms with Gasteiger partial charge in [0.1, 0.15) is 73.2 Å². The van der Waals surface area contributed by atoms with Gasteiger partial charge in [0, 0.05) is 6.42 Å². The molecular weight excluding hydrogens is 1180 g/mol. The predicted molar refractivity (Wildman–Crippen MR) is 360 cm³/mol. The molecule has 12 N–H and O–H groups in total. The van der Waals surface area contributed by atoms with E-state index in [0.717, 1.165) is 116 Å². The fraction of sp³-hybridized carbons (Fsp3) is 0.740. The average molecular weight is 1300 g/mol. The van der Waals surface area contributed by atoms with Crippen LogP contribution in [0.1, 0.15) is 213 Å². The van der Waals surface area contributed by atoms with Crippen molar-refractivity contribution in [3.63, 3.8) is 0 Å². The van der Waals surface area contributed by atoms with Crippen LogP contribution in [0, 0.1) is 0 Å². The number of hydrogen-bond donors (Lipinski definition) is 12. The summed E-state index contributed by atoms with van der Waals surface area (Å²) in [5, 5.41) is 121. The first-order valence-corrected chi connectivity index (χ1v) is 35.1. The lowest BCUT2D eigenvalue weighted by Crippen LogP contribution is -2.66. The van der Waals surface area contributed by atoms with Crippen molar-refractivity contribution >= 4 is 5.91 Å². The van der Waals surface area contributed by atoms with Gasteiger partial charge in [0.15, 0.2) is 18.9 Å². The molecule has 17 unspecified atom stereocenters. The molecule has 0 aromatic rings. The molecule has 0 saturated carbocycles. The summed E-state index contributed by atoms with van der Waals surface area (Å²) in [7, 11) is 0. The third-order valence-electron chi connectivity index (χ3n) is 16.9. The fourth-order valence-corrected chi connectivity index (χ4v) is 11.2. The molecule has 3 heterocycles. The van der Waals surface area contributed by atoms with Gasteiger partial charge in [0.25, 0.3) is 0 Å². The largest absolute Gasteiger partial charge is 0.394 e. The standard InChI is InChI=1S/C73H123NO18/c1-3-5-7-9-11-13-15-17-19-20-21-22-23-24-25-26-27-28-29-30-31-32-33-34-35-36-37-39-41-43-45-47-49-51-61(79)74-56(57(78)50-48-46-44-42-40-38-18-16-14-12-10-8-6-4-2)55-87-71-67(85)64(82)69(59(53-76)89-71)92-73-68(86)65(83)70(60(54-77)90-73)91-72-66(84)63(81)62(80)58(52-75)88-72/h5,7,11,13,17,19,21-22,24-25,27-28,30-31,33-34,36-37,56-60,62-73,75-78,80-86H,3-4,6,8-10,12,14-16,18,20,23,26,29,32,35,38-55H2,1-2H3,(H,74,79)/b7-5-,13-11-,19-17-,22-21-,25-24-,28-27-,31-30-,34-33-,37-36-. The lowest BCUT2D eigenvalue weighted by molar-refractivity contribution is -0.379. The maximum absolute atomic E-state index is 13.4. The molecule has 17 atom stereocenters. The Labute approximate surface area is 551 Å². The average Bonchev–Trinajstić information content (AvgIpc) is 0.840. The molecule has 0 bridgehead atoms. The van der Waals surface area contributed by atoms with Crippen molar-refractivity contribution in [1.82, 2.24) is 5.32 Å². The van der Waals surface area contributed by atoms with Crippen LogP contribution in [0.25, 0.3) is 0 Å². The zero-order valence-corrected chi connectivity index (χ0v) is 55.7. The van der Waals surface area contributed by atoms with E-state index in [0.29, 0.717) is 12.8 Å². The number of nitrogens with one attached hydrogen (secondary N) is 1. The SMILES string of the molecule is CC/C=C\C/C=C\C/C=C\C/C=C\C/C=C\C/C=C\C/C=C\C/C=C\C/C=C\CCCCCCCC(=O)NC(COC1OC(CO)C(OC2OC(CO)C(OC3OC(CO)C(O)C(O)C3O)C(O)C2O)C(O)C1O)C(O)CCCCCCCCCCCCCCCC. The minimum atomic E-state index is -1.98. The van der Waals surface area contributed by atoms with E-state index in [9.17, 15) is 61.0 Å². The molecular formula is C73H123NO18. The van der Waals surface area contributed by atoms with Gasteiger partial charge in [-0.25, -0.2) is 0 Å². The van der Waals surface area contributed by atoms with Gasteiger partial charge in [-0.05, 0) is 83.5 Å². The van der Waals surface area contributed by atoms with E-state index in [2.05, 4.69) is 129 Å². The highest BCUT2D eigenvalue weighted by Crippen LogP contribution is 2.33. The number of hydrogen-bond acceptors (Lipinski definition) is 18. The van der Waals surface area contributed by atoms with Crippen molar-refractivity contribution in [2.45, 2.75) is 317 Å². The number of carbonyl (C=O) groups is 1. The van der Waals surface area contributed by atoms with E-state index in [1.807, 2.05) is 0 Å². The van der Waals surface area contributed by atoms with E-state index in [-0.39, 0.29) is 18.9 Å². The van der Waals surface area contributed by atoms with Crippen LogP contribution in [0.2, 0.25) is 0 Å². The molecule has 1 amide bonds. The van der Waals surface area contributed by atoms with Crippen molar-refractivity contribution in [3.8, 4) is 0 Å². The Morgan fingerprint density at radius 3 is 1.17 bits per heavy atom. The van der Waals surface area contributed by atoms with Crippen LogP contribution in [-0.4, -0.2) is 193 Å². The predicted octanol–water partition coefficient (Wildman–Crippen LogP) is 9.44. The summed E-state index contributed by atoms with van der Waals surface area (Å²) in [6.07, 6.45) is 44.5. The number of amides is 1. The Kier molecular flexibility index (Phi) is 48.1. The normalized spacial score (nSPS) is 28.4. The van der Waals surface area contributed by atoms with Gasteiger partial charge in [-0.3, -0.25) is 4.79 Å². The van der Waals surface area contributed by atoms with E-state index >= 15 is 0 Å². The quantitative estimate of drug-likeness (QED) is 0.0199. The van der Waals surface area contributed by atoms with Crippen molar-refractivity contribution < 1.29 is 89.4 Å². The molecule has 0 aliphatic carbocycles. The topological polar surface area (TPSA) is 307 Å². The monoisotopic (exact) mass is 1300 g/mol. The lowest BCUT2D eigenvalue weighted by Gasteiger charge is -2.48. The van der Waals surface area contributed by atoms with Crippen LogP contribution in [0.5, 0.6) is 0 Å². The molecule has 0 spiro atoms. The summed E-state index contributed by atoms with van der Waals surface area (Å²) < 4.78 is 34.4. The molecule has 3 aliphatic heterocycles. The molecule has 0 aromatic carbocycles. The van der Waals surface area contributed by atoms with E-state index in [4.69, 9.17) is 28.4 Å².